The highest BCUT2D eigenvalue weighted by atomic mass is 35.5. The molecule has 0 spiro atoms. The summed E-state index contributed by atoms with van der Waals surface area (Å²) < 4.78 is 0. The number of aromatic carboxylic acids is 1. The van der Waals surface area contributed by atoms with Gasteiger partial charge in [0.1, 0.15) is 0 Å². The molecule has 0 heterocycles. The lowest BCUT2D eigenvalue weighted by molar-refractivity contribution is 0.0697. The molecule has 3 rings (SSSR count). The number of benzene rings is 3. The maximum absolute atomic E-state index is 11.0. The Morgan fingerprint density at radius 3 is 2.37 bits per heavy atom. The van der Waals surface area contributed by atoms with Crippen LogP contribution in [-0.4, -0.2) is 29.3 Å². The maximum atomic E-state index is 11.0. The van der Waals surface area contributed by atoms with Gasteiger partial charge < -0.3 is 15.5 Å². The zero-order valence-electron chi connectivity index (χ0n) is 16.0. The van der Waals surface area contributed by atoms with Crippen LogP contribution in [-0.2, 0) is 6.42 Å². The molecule has 0 aromatic heterocycles. The van der Waals surface area contributed by atoms with E-state index < -0.39 is 12.1 Å². The number of halogens is 3. The zero-order chi connectivity index (χ0) is 20.8. The van der Waals surface area contributed by atoms with Crippen molar-refractivity contribution in [2.24, 2.45) is 0 Å². The lowest BCUT2D eigenvalue weighted by Gasteiger charge is -2.13. The van der Waals surface area contributed by atoms with Gasteiger partial charge in [-0.15, -0.1) is 12.4 Å². The maximum Gasteiger partial charge on any atom is 0.335 e. The summed E-state index contributed by atoms with van der Waals surface area (Å²) in [5.74, 6) is -0.998. The van der Waals surface area contributed by atoms with E-state index in [1.54, 1.807) is 24.3 Å². The standard InChI is InChI=1S/C23H21Cl2NO3.ClH/c24-19-3-1-2-17(12-19)22(27)14-26-11-10-15-4-6-16(7-5-15)20-9-8-18(23(28)29)13-21(20)25;/h1-9,12-13,22,26-27H,10-11,14H2,(H,28,29);1H/t22-;/m0./s1. The molecule has 30 heavy (non-hydrogen) atoms. The van der Waals surface area contributed by atoms with Crippen LogP contribution in [0, 0.1) is 0 Å². The largest absolute Gasteiger partial charge is 0.478 e. The molecule has 0 bridgehead atoms. The first-order valence-corrected chi connectivity index (χ1v) is 9.96. The number of carbonyl (C=O) groups is 1. The summed E-state index contributed by atoms with van der Waals surface area (Å²) in [5, 5.41) is 23.5. The van der Waals surface area contributed by atoms with Crippen LogP contribution < -0.4 is 5.32 Å². The second-order valence-electron chi connectivity index (χ2n) is 6.72. The third-order valence-electron chi connectivity index (χ3n) is 4.64. The van der Waals surface area contributed by atoms with Crippen molar-refractivity contribution in [3.63, 3.8) is 0 Å². The quantitative estimate of drug-likeness (QED) is 0.375. The molecule has 0 aliphatic heterocycles. The molecule has 4 nitrogen and oxygen atoms in total. The Labute approximate surface area is 191 Å². The van der Waals surface area contributed by atoms with Crippen LogP contribution >= 0.6 is 35.6 Å². The van der Waals surface area contributed by atoms with Crippen LogP contribution in [0.5, 0.6) is 0 Å². The lowest BCUT2D eigenvalue weighted by Crippen LogP contribution is -2.23. The fraction of sp³-hybridized carbons (Fsp3) is 0.174. The van der Waals surface area contributed by atoms with Gasteiger partial charge in [-0.05, 0) is 53.9 Å². The average Bonchev–Trinajstić information content (AvgIpc) is 2.71. The molecule has 0 saturated carbocycles. The van der Waals surface area contributed by atoms with Gasteiger partial charge in [0.25, 0.3) is 0 Å². The van der Waals surface area contributed by atoms with E-state index in [0.717, 1.165) is 35.2 Å². The molecule has 7 heteroatoms. The number of nitrogens with one attached hydrogen (secondary N) is 1. The van der Waals surface area contributed by atoms with E-state index in [1.165, 1.54) is 6.07 Å². The van der Waals surface area contributed by atoms with Gasteiger partial charge in [-0.3, -0.25) is 0 Å². The molecule has 0 aliphatic rings. The summed E-state index contributed by atoms with van der Waals surface area (Å²) >= 11 is 12.2. The van der Waals surface area contributed by atoms with E-state index >= 15 is 0 Å². The summed E-state index contributed by atoms with van der Waals surface area (Å²) in [6.07, 6.45) is 0.209. The van der Waals surface area contributed by atoms with Gasteiger partial charge in [-0.1, -0.05) is 65.7 Å². The lowest BCUT2D eigenvalue weighted by atomic mass is 10.0. The number of aliphatic hydroxyl groups excluding tert-OH is 1. The Kier molecular flexibility index (Phi) is 9.15. The molecule has 3 aromatic carbocycles. The van der Waals surface area contributed by atoms with Gasteiger partial charge in [0.2, 0.25) is 0 Å². The van der Waals surface area contributed by atoms with Crippen molar-refractivity contribution in [3.05, 3.63) is 93.5 Å². The van der Waals surface area contributed by atoms with Gasteiger partial charge in [-0.25, -0.2) is 4.79 Å². The minimum absolute atomic E-state index is 0. The molecule has 158 valence electrons. The molecular weight excluding hydrogens is 445 g/mol. The fourth-order valence-electron chi connectivity index (χ4n) is 3.04. The van der Waals surface area contributed by atoms with Gasteiger partial charge >= 0.3 is 5.97 Å². The first-order valence-electron chi connectivity index (χ1n) is 9.20. The third kappa shape index (κ3) is 6.46. The number of carboxylic acids is 1. The third-order valence-corrected chi connectivity index (χ3v) is 5.19. The van der Waals surface area contributed by atoms with Crippen LogP contribution in [0.4, 0.5) is 0 Å². The van der Waals surface area contributed by atoms with Crippen LogP contribution in [0.2, 0.25) is 10.0 Å². The summed E-state index contributed by atoms with van der Waals surface area (Å²) in [6, 6.07) is 19.9. The highest BCUT2D eigenvalue weighted by Gasteiger charge is 2.09. The second-order valence-corrected chi connectivity index (χ2v) is 7.57. The Hall–Kier alpha value is -2.08. The predicted octanol–water partition coefficient (Wildman–Crippen LogP) is 5.65. The van der Waals surface area contributed by atoms with Crippen molar-refractivity contribution < 1.29 is 15.0 Å². The number of hydrogen-bond donors (Lipinski definition) is 3. The smallest absolute Gasteiger partial charge is 0.335 e. The van der Waals surface area contributed by atoms with Crippen molar-refractivity contribution in [2.75, 3.05) is 13.1 Å². The fourth-order valence-corrected chi connectivity index (χ4v) is 3.52. The molecule has 3 N–H and O–H groups in total. The van der Waals surface area contributed by atoms with Crippen molar-refractivity contribution in [1.82, 2.24) is 5.32 Å². The normalized spacial score (nSPS) is 11.6. The van der Waals surface area contributed by atoms with E-state index in [-0.39, 0.29) is 18.0 Å². The molecule has 1 atom stereocenters. The highest BCUT2D eigenvalue weighted by Crippen LogP contribution is 2.29. The minimum Gasteiger partial charge on any atom is -0.478 e. The second kappa shape index (κ2) is 11.3. The van der Waals surface area contributed by atoms with Crippen molar-refractivity contribution >= 4 is 41.6 Å². The SMILES string of the molecule is Cl.O=C(O)c1ccc(-c2ccc(CCNC[C@H](O)c3cccc(Cl)c3)cc2)c(Cl)c1. The summed E-state index contributed by atoms with van der Waals surface area (Å²) in [5.41, 5.74) is 3.84. The van der Waals surface area contributed by atoms with Crippen LogP contribution in [0.15, 0.2) is 66.7 Å². The van der Waals surface area contributed by atoms with Gasteiger partial charge in [0, 0.05) is 22.2 Å². The first-order chi connectivity index (χ1) is 13.9. The predicted molar refractivity (Wildman–Crippen MR) is 124 cm³/mol. The molecule has 3 aromatic rings. The number of hydrogen-bond acceptors (Lipinski definition) is 3. The Bertz CT molecular complexity index is 993. The van der Waals surface area contributed by atoms with Gasteiger partial charge in [-0.2, -0.15) is 0 Å². The summed E-state index contributed by atoms with van der Waals surface area (Å²) in [6.45, 7) is 1.18. The van der Waals surface area contributed by atoms with Gasteiger partial charge in [0.15, 0.2) is 0 Å². The number of carboxylic acid groups (broad SMARTS) is 1. The summed E-state index contributed by atoms with van der Waals surface area (Å²) in [7, 11) is 0. The zero-order valence-corrected chi connectivity index (χ0v) is 18.3. The van der Waals surface area contributed by atoms with Crippen molar-refractivity contribution in [2.45, 2.75) is 12.5 Å². The molecule has 0 fully saturated rings. The first kappa shape index (κ1) is 24.2. The molecular formula is C23H22Cl3NO3. The highest BCUT2D eigenvalue weighted by molar-refractivity contribution is 6.33. The Morgan fingerprint density at radius 2 is 1.73 bits per heavy atom. The van der Waals surface area contributed by atoms with E-state index in [9.17, 15) is 9.90 Å². The number of rotatable bonds is 8. The van der Waals surface area contributed by atoms with Crippen molar-refractivity contribution in [3.8, 4) is 11.1 Å². The topological polar surface area (TPSA) is 69.6 Å². The monoisotopic (exact) mass is 465 g/mol. The van der Waals surface area contributed by atoms with E-state index in [2.05, 4.69) is 5.32 Å². The molecule has 0 unspecified atom stereocenters. The van der Waals surface area contributed by atoms with E-state index in [1.807, 2.05) is 36.4 Å². The van der Waals surface area contributed by atoms with Crippen molar-refractivity contribution in [1.29, 1.82) is 0 Å². The molecule has 0 amide bonds. The van der Waals surface area contributed by atoms with E-state index in [4.69, 9.17) is 28.3 Å². The Morgan fingerprint density at radius 1 is 1.00 bits per heavy atom. The minimum atomic E-state index is -0.998. The van der Waals surface area contributed by atoms with Crippen LogP contribution in [0.25, 0.3) is 11.1 Å². The van der Waals surface area contributed by atoms with Crippen LogP contribution in [0.3, 0.4) is 0 Å². The summed E-state index contributed by atoms with van der Waals surface area (Å²) in [4.78, 5) is 11.0. The molecule has 0 aliphatic carbocycles. The molecule has 0 radical (unpaired) electrons. The molecule has 0 saturated heterocycles. The van der Waals surface area contributed by atoms with E-state index in [0.29, 0.717) is 16.6 Å². The average molecular weight is 467 g/mol. The van der Waals surface area contributed by atoms with Crippen LogP contribution in [0.1, 0.15) is 27.6 Å². The van der Waals surface area contributed by atoms with Gasteiger partial charge in [0.05, 0.1) is 11.7 Å². The Balaban J connectivity index is 0.00000320. The number of aliphatic hydroxyl groups is 1.